The van der Waals surface area contributed by atoms with Gasteiger partial charge in [0.15, 0.2) is 0 Å². The van der Waals surface area contributed by atoms with Crippen LogP contribution in [-0.4, -0.2) is 26.9 Å². The van der Waals surface area contributed by atoms with Crippen LogP contribution in [0.2, 0.25) is 0 Å². The third-order valence-electron chi connectivity index (χ3n) is 2.26. The molecule has 0 aromatic carbocycles. The van der Waals surface area contributed by atoms with E-state index in [0.29, 0.717) is 0 Å². The first-order valence-corrected chi connectivity index (χ1v) is 4.82. The Morgan fingerprint density at radius 3 is 1.62 bits per heavy atom. The van der Waals surface area contributed by atoms with Gasteiger partial charge in [-0.2, -0.15) is 0 Å². The zero-order valence-electron chi connectivity index (χ0n) is 9.32. The van der Waals surface area contributed by atoms with Crippen LogP contribution < -0.4 is 11.5 Å². The fourth-order valence-electron chi connectivity index (χ4n) is 1.54. The SMILES string of the molecule is C=C(O)CC(N)C(N)(CC(=C)O)CC(=C)O. The van der Waals surface area contributed by atoms with Crippen molar-refractivity contribution in [3.8, 4) is 0 Å². The highest BCUT2D eigenvalue weighted by Gasteiger charge is 2.34. The molecule has 0 saturated carbocycles. The summed E-state index contributed by atoms with van der Waals surface area (Å²) >= 11 is 0. The van der Waals surface area contributed by atoms with E-state index in [-0.39, 0.29) is 36.5 Å². The van der Waals surface area contributed by atoms with E-state index in [1.54, 1.807) is 0 Å². The number of aliphatic hydroxyl groups is 3. The van der Waals surface area contributed by atoms with Crippen LogP contribution in [0.5, 0.6) is 0 Å². The van der Waals surface area contributed by atoms with Crippen molar-refractivity contribution in [1.29, 1.82) is 0 Å². The molecule has 0 bridgehead atoms. The lowest BCUT2D eigenvalue weighted by atomic mass is 9.82. The van der Waals surface area contributed by atoms with E-state index in [2.05, 4.69) is 19.7 Å². The average molecular weight is 228 g/mol. The van der Waals surface area contributed by atoms with Gasteiger partial charge in [-0.25, -0.2) is 0 Å². The fraction of sp³-hybridized carbons (Fsp3) is 0.455. The molecular weight excluding hydrogens is 208 g/mol. The molecule has 0 aliphatic carbocycles. The normalized spacial score (nSPS) is 13.1. The minimum absolute atomic E-state index is 0.0149. The third kappa shape index (κ3) is 4.86. The number of hydrogen-bond acceptors (Lipinski definition) is 5. The molecule has 0 aliphatic heterocycles. The van der Waals surface area contributed by atoms with Gasteiger partial charge in [-0.1, -0.05) is 19.7 Å². The van der Waals surface area contributed by atoms with E-state index >= 15 is 0 Å². The van der Waals surface area contributed by atoms with Crippen molar-refractivity contribution in [2.75, 3.05) is 0 Å². The second-order valence-electron chi connectivity index (χ2n) is 4.10. The van der Waals surface area contributed by atoms with Crippen LogP contribution in [0.15, 0.2) is 37.0 Å². The number of aliphatic hydroxyl groups excluding tert-OH is 3. The summed E-state index contributed by atoms with van der Waals surface area (Å²) in [7, 11) is 0. The molecule has 5 nitrogen and oxygen atoms in total. The standard InChI is InChI=1S/C11H20N2O3/c1-7(14)4-10(12)11(13,5-8(2)15)6-9(3)16/h10,14-16H,1-6,12-13H2. The summed E-state index contributed by atoms with van der Waals surface area (Å²) in [5, 5.41) is 27.4. The highest BCUT2D eigenvalue weighted by atomic mass is 16.3. The molecule has 0 radical (unpaired) electrons. The molecule has 0 spiro atoms. The maximum absolute atomic E-state index is 9.16. The molecule has 0 aliphatic rings. The molecule has 0 aromatic heterocycles. The van der Waals surface area contributed by atoms with Gasteiger partial charge in [-0.3, -0.25) is 0 Å². The van der Waals surface area contributed by atoms with Crippen LogP contribution in [0.4, 0.5) is 0 Å². The Bertz CT molecular complexity index is 284. The van der Waals surface area contributed by atoms with Crippen LogP contribution >= 0.6 is 0 Å². The second-order valence-corrected chi connectivity index (χ2v) is 4.10. The summed E-state index contributed by atoms with van der Waals surface area (Å²) in [5.41, 5.74) is 10.7. The van der Waals surface area contributed by atoms with E-state index in [9.17, 15) is 0 Å². The van der Waals surface area contributed by atoms with Gasteiger partial charge in [0, 0.05) is 30.8 Å². The van der Waals surface area contributed by atoms with E-state index in [0.717, 1.165) is 0 Å². The van der Waals surface area contributed by atoms with Crippen molar-refractivity contribution in [3.63, 3.8) is 0 Å². The Balaban J connectivity index is 4.82. The van der Waals surface area contributed by atoms with E-state index in [1.165, 1.54) is 0 Å². The zero-order valence-corrected chi connectivity index (χ0v) is 9.32. The molecule has 16 heavy (non-hydrogen) atoms. The number of rotatable bonds is 7. The van der Waals surface area contributed by atoms with Gasteiger partial charge in [0.25, 0.3) is 0 Å². The lowest BCUT2D eigenvalue weighted by molar-refractivity contribution is 0.235. The molecule has 7 N–H and O–H groups in total. The smallest absolute Gasteiger partial charge is 0.0870 e. The molecular formula is C11H20N2O3. The number of hydrogen-bond donors (Lipinski definition) is 5. The minimum Gasteiger partial charge on any atom is -0.513 e. The van der Waals surface area contributed by atoms with E-state index < -0.39 is 11.6 Å². The lowest BCUT2D eigenvalue weighted by Crippen LogP contribution is -2.55. The number of nitrogens with two attached hydrogens (primary N) is 2. The Morgan fingerprint density at radius 2 is 1.38 bits per heavy atom. The Morgan fingerprint density at radius 1 is 1.00 bits per heavy atom. The average Bonchev–Trinajstić information content (AvgIpc) is 1.98. The van der Waals surface area contributed by atoms with Crippen molar-refractivity contribution in [3.05, 3.63) is 37.0 Å². The summed E-state index contributed by atoms with van der Waals surface area (Å²) in [6.45, 7) is 9.98. The van der Waals surface area contributed by atoms with Gasteiger partial charge in [0.2, 0.25) is 0 Å². The lowest BCUT2D eigenvalue weighted by Gasteiger charge is -2.34. The molecule has 1 unspecified atom stereocenters. The summed E-state index contributed by atoms with van der Waals surface area (Å²) < 4.78 is 0. The van der Waals surface area contributed by atoms with Crippen LogP contribution in [0.3, 0.4) is 0 Å². The Labute approximate surface area is 95.4 Å². The van der Waals surface area contributed by atoms with Gasteiger partial charge in [0.1, 0.15) is 0 Å². The quantitative estimate of drug-likeness (QED) is 0.423. The van der Waals surface area contributed by atoms with Gasteiger partial charge in [-0.05, 0) is 0 Å². The third-order valence-corrected chi connectivity index (χ3v) is 2.26. The molecule has 0 fully saturated rings. The molecule has 0 heterocycles. The maximum Gasteiger partial charge on any atom is 0.0870 e. The van der Waals surface area contributed by atoms with Crippen molar-refractivity contribution >= 4 is 0 Å². The fourth-order valence-corrected chi connectivity index (χ4v) is 1.54. The van der Waals surface area contributed by atoms with Gasteiger partial charge in [-0.15, -0.1) is 0 Å². The molecule has 0 amide bonds. The highest BCUT2D eigenvalue weighted by molar-refractivity contribution is 5.09. The molecule has 0 rings (SSSR count). The summed E-state index contributed by atoms with van der Waals surface area (Å²) in [4.78, 5) is 0. The molecule has 1 atom stereocenters. The minimum atomic E-state index is -1.11. The van der Waals surface area contributed by atoms with E-state index in [4.69, 9.17) is 26.8 Å². The van der Waals surface area contributed by atoms with Crippen molar-refractivity contribution < 1.29 is 15.3 Å². The van der Waals surface area contributed by atoms with Crippen LogP contribution in [0.1, 0.15) is 19.3 Å². The van der Waals surface area contributed by atoms with Crippen LogP contribution in [-0.2, 0) is 0 Å². The first-order chi connectivity index (χ1) is 7.17. The summed E-state index contributed by atoms with van der Waals surface area (Å²) in [6, 6.07) is -0.669. The van der Waals surface area contributed by atoms with Crippen molar-refractivity contribution in [2.24, 2.45) is 11.5 Å². The topological polar surface area (TPSA) is 113 Å². The van der Waals surface area contributed by atoms with Gasteiger partial charge < -0.3 is 26.8 Å². The highest BCUT2D eigenvalue weighted by Crippen LogP contribution is 2.24. The van der Waals surface area contributed by atoms with Crippen LogP contribution in [0.25, 0.3) is 0 Å². The molecule has 5 heteroatoms. The Hall–Kier alpha value is -1.46. The molecule has 0 aromatic rings. The predicted molar refractivity (Wildman–Crippen MR) is 64.1 cm³/mol. The largest absolute Gasteiger partial charge is 0.513 e. The second kappa shape index (κ2) is 5.58. The van der Waals surface area contributed by atoms with Crippen molar-refractivity contribution in [1.82, 2.24) is 0 Å². The first kappa shape index (κ1) is 14.5. The van der Waals surface area contributed by atoms with Crippen molar-refractivity contribution in [2.45, 2.75) is 30.8 Å². The monoisotopic (exact) mass is 228 g/mol. The zero-order chi connectivity index (χ0) is 12.9. The van der Waals surface area contributed by atoms with Crippen LogP contribution in [0, 0.1) is 0 Å². The summed E-state index contributed by atoms with van der Waals surface area (Å²) in [6.07, 6.45) is 0.110. The molecule has 92 valence electrons. The summed E-state index contributed by atoms with van der Waals surface area (Å²) in [5.74, 6) is -0.375. The van der Waals surface area contributed by atoms with Gasteiger partial charge in [0.05, 0.1) is 17.3 Å². The van der Waals surface area contributed by atoms with Gasteiger partial charge >= 0.3 is 0 Å². The Kier molecular flexibility index (Phi) is 5.07. The first-order valence-electron chi connectivity index (χ1n) is 4.82. The van der Waals surface area contributed by atoms with E-state index in [1.807, 2.05) is 0 Å². The predicted octanol–water partition coefficient (Wildman–Crippen LogP) is 1.40. The maximum atomic E-state index is 9.16. The molecule has 0 saturated heterocycles.